The van der Waals surface area contributed by atoms with E-state index in [-0.39, 0.29) is 0 Å². The highest BCUT2D eigenvalue weighted by molar-refractivity contribution is 9.10. The quantitative estimate of drug-likeness (QED) is 0.881. The molecule has 0 radical (unpaired) electrons. The molecule has 1 aliphatic heterocycles. The third-order valence-corrected chi connectivity index (χ3v) is 2.77. The molecule has 0 spiro atoms. The van der Waals surface area contributed by atoms with Gasteiger partial charge in [-0.2, -0.15) is 15.4 Å². The number of H-pyrrole nitrogens is 1. The van der Waals surface area contributed by atoms with Crippen LogP contribution in [-0.2, 0) is 4.74 Å². The lowest BCUT2D eigenvalue weighted by Gasteiger charge is -1.97. The van der Waals surface area contributed by atoms with E-state index in [1.165, 1.54) is 0 Å². The van der Waals surface area contributed by atoms with Crippen LogP contribution < -0.4 is 0 Å². The second-order valence-corrected chi connectivity index (χ2v) is 4.15. The predicted octanol–water partition coefficient (Wildman–Crippen LogP) is 2.79. The molecule has 1 aromatic heterocycles. The van der Waals surface area contributed by atoms with Crippen molar-refractivity contribution in [3.05, 3.63) is 47.3 Å². The standard InChI is InChI=1S/C8H6BrN3.C4H5NO/c9-7-4-2-1-3-6(7)8-5-10-12-11-8;1-2-5-4-6-3-1/h1-5H,(H,10,11,12);1-3H,4H2. The van der Waals surface area contributed by atoms with Gasteiger partial charge >= 0.3 is 0 Å². The minimum atomic E-state index is 0.483. The number of aliphatic imine (C=N–C) groups is 1. The number of rotatable bonds is 1. The van der Waals surface area contributed by atoms with Crippen LogP contribution in [0.1, 0.15) is 0 Å². The summed E-state index contributed by atoms with van der Waals surface area (Å²) in [6.07, 6.45) is 6.78. The highest BCUT2D eigenvalue weighted by atomic mass is 79.9. The van der Waals surface area contributed by atoms with Crippen LogP contribution in [0.5, 0.6) is 0 Å². The lowest BCUT2D eigenvalue weighted by molar-refractivity contribution is 0.259. The molecule has 0 saturated heterocycles. The fourth-order valence-electron chi connectivity index (χ4n) is 1.28. The van der Waals surface area contributed by atoms with Gasteiger partial charge in [0.05, 0.1) is 12.5 Å². The van der Waals surface area contributed by atoms with Gasteiger partial charge in [-0.05, 0) is 12.1 Å². The minimum absolute atomic E-state index is 0.483. The van der Waals surface area contributed by atoms with Crippen LogP contribution >= 0.6 is 15.9 Å². The van der Waals surface area contributed by atoms with Crippen LogP contribution in [0.3, 0.4) is 0 Å². The van der Waals surface area contributed by atoms with Crippen molar-refractivity contribution in [2.45, 2.75) is 0 Å². The Morgan fingerprint density at radius 3 is 2.67 bits per heavy atom. The molecule has 1 aromatic carbocycles. The first-order valence-corrected chi connectivity index (χ1v) is 6.04. The zero-order valence-corrected chi connectivity index (χ0v) is 11.0. The average molecular weight is 307 g/mol. The van der Waals surface area contributed by atoms with Crippen molar-refractivity contribution in [3.63, 3.8) is 0 Å². The van der Waals surface area contributed by atoms with Crippen molar-refractivity contribution in [1.29, 1.82) is 0 Å². The number of nitrogens with one attached hydrogen (secondary N) is 1. The van der Waals surface area contributed by atoms with Gasteiger partial charge in [0.15, 0.2) is 6.73 Å². The van der Waals surface area contributed by atoms with Gasteiger partial charge in [-0.15, -0.1) is 0 Å². The Labute approximate surface area is 113 Å². The number of hydrogen-bond acceptors (Lipinski definition) is 4. The average Bonchev–Trinajstić information content (AvgIpc) is 2.96. The maximum Gasteiger partial charge on any atom is 0.178 e. The predicted molar refractivity (Wildman–Crippen MR) is 73.1 cm³/mol. The molecule has 3 rings (SSSR count). The Morgan fingerprint density at radius 2 is 2.17 bits per heavy atom. The van der Waals surface area contributed by atoms with E-state index in [9.17, 15) is 0 Å². The molecular weight excluding hydrogens is 296 g/mol. The molecular formula is C12H11BrN4O. The van der Waals surface area contributed by atoms with Gasteiger partial charge in [0.1, 0.15) is 5.69 Å². The summed E-state index contributed by atoms with van der Waals surface area (Å²) in [6, 6.07) is 7.90. The highest BCUT2D eigenvalue weighted by Crippen LogP contribution is 2.24. The van der Waals surface area contributed by atoms with E-state index in [0.29, 0.717) is 6.73 Å². The zero-order valence-electron chi connectivity index (χ0n) is 9.45. The van der Waals surface area contributed by atoms with Crippen LogP contribution in [0, 0.1) is 0 Å². The molecule has 92 valence electrons. The van der Waals surface area contributed by atoms with Gasteiger partial charge in [0.2, 0.25) is 0 Å². The van der Waals surface area contributed by atoms with Crippen molar-refractivity contribution < 1.29 is 4.74 Å². The summed E-state index contributed by atoms with van der Waals surface area (Å²) < 4.78 is 5.72. The first-order valence-electron chi connectivity index (χ1n) is 5.25. The molecule has 2 aromatic rings. The molecule has 0 aliphatic carbocycles. The van der Waals surface area contributed by atoms with Crippen LogP contribution in [0.2, 0.25) is 0 Å². The normalized spacial score (nSPS) is 12.5. The lowest BCUT2D eigenvalue weighted by atomic mass is 10.2. The van der Waals surface area contributed by atoms with Crippen molar-refractivity contribution in [2.75, 3.05) is 6.73 Å². The van der Waals surface area contributed by atoms with E-state index in [1.807, 2.05) is 24.3 Å². The summed E-state index contributed by atoms with van der Waals surface area (Å²) in [4.78, 5) is 3.74. The number of halogens is 1. The molecule has 0 amide bonds. The van der Waals surface area contributed by atoms with Crippen LogP contribution in [0.4, 0.5) is 0 Å². The Kier molecular flexibility index (Phi) is 4.66. The number of ether oxygens (including phenoxy) is 1. The first kappa shape index (κ1) is 12.5. The SMILES string of the molecule is Brc1ccccc1-c1cn[nH]n1.C1=COCN=C1. The second-order valence-electron chi connectivity index (χ2n) is 3.29. The van der Waals surface area contributed by atoms with Gasteiger partial charge in [-0.3, -0.25) is 4.99 Å². The molecule has 0 bridgehead atoms. The highest BCUT2D eigenvalue weighted by Gasteiger charge is 2.02. The molecule has 18 heavy (non-hydrogen) atoms. The van der Waals surface area contributed by atoms with E-state index >= 15 is 0 Å². The maximum atomic E-state index is 4.69. The van der Waals surface area contributed by atoms with E-state index in [4.69, 9.17) is 4.74 Å². The molecule has 6 heteroatoms. The monoisotopic (exact) mass is 306 g/mol. The molecule has 0 atom stereocenters. The van der Waals surface area contributed by atoms with Gasteiger partial charge < -0.3 is 4.74 Å². The van der Waals surface area contributed by atoms with E-state index in [2.05, 4.69) is 36.3 Å². The van der Waals surface area contributed by atoms with Crippen LogP contribution in [0.25, 0.3) is 11.3 Å². The maximum absolute atomic E-state index is 4.69. The Hall–Kier alpha value is -1.95. The van der Waals surface area contributed by atoms with E-state index in [1.54, 1.807) is 24.7 Å². The molecule has 0 unspecified atom stereocenters. The molecule has 1 aliphatic rings. The van der Waals surface area contributed by atoms with E-state index < -0.39 is 0 Å². The van der Waals surface area contributed by atoms with Crippen LogP contribution in [0.15, 0.2) is 52.3 Å². The molecule has 5 nitrogen and oxygen atoms in total. The topological polar surface area (TPSA) is 63.2 Å². The summed E-state index contributed by atoms with van der Waals surface area (Å²) in [5, 5.41) is 10.3. The number of aromatic nitrogens is 3. The molecule has 0 fully saturated rings. The lowest BCUT2D eigenvalue weighted by Crippen LogP contribution is -1.86. The van der Waals surface area contributed by atoms with Crippen molar-refractivity contribution >= 4 is 22.1 Å². The number of hydrogen-bond donors (Lipinski definition) is 1. The fourth-order valence-corrected chi connectivity index (χ4v) is 1.77. The summed E-state index contributed by atoms with van der Waals surface area (Å²) in [5.41, 5.74) is 1.90. The molecule has 0 saturated carbocycles. The Bertz CT molecular complexity index is 525. The molecule has 1 N–H and O–H groups in total. The van der Waals surface area contributed by atoms with Crippen molar-refractivity contribution in [1.82, 2.24) is 15.4 Å². The van der Waals surface area contributed by atoms with Gasteiger partial charge in [-0.25, -0.2) is 0 Å². The number of aromatic amines is 1. The van der Waals surface area contributed by atoms with Crippen LogP contribution in [-0.4, -0.2) is 28.4 Å². The third kappa shape index (κ3) is 3.53. The van der Waals surface area contributed by atoms with Crippen molar-refractivity contribution in [2.24, 2.45) is 4.99 Å². The van der Waals surface area contributed by atoms with Gasteiger partial charge in [0.25, 0.3) is 0 Å². The van der Waals surface area contributed by atoms with Gasteiger partial charge in [0, 0.05) is 16.3 Å². The Morgan fingerprint density at radius 1 is 1.28 bits per heavy atom. The summed E-state index contributed by atoms with van der Waals surface area (Å²) in [7, 11) is 0. The number of allylic oxidation sites excluding steroid dienone is 1. The fraction of sp³-hybridized carbons (Fsp3) is 0.0833. The third-order valence-electron chi connectivity index (χ3n) is 2.08. The van der Waals surface area contributed by atoms with E-state index in [0.717, 1.165) is 15.7 Å². The smallest absolute Gasteiger partial charge is 0.178 e. The number of benzene rings is 1. The minimum Gasteiger partial charge on any atom is -0.479 e. The molecule has 2 heterocycles. The largest absolute Gasteiger partial charge is 0.479 e. The second kappa shape index (κ2) is 6.70. The number of nitrogens with zero attached hydrogens (tertiary/aromatic N) is 3. The summed E-state index contributed by atoms with van der Waals surface area (Å²) in [5.74, 6) is 0. The Balaban J connectivity index is 0.000000169. The summed E-state index contributed by atoms with van der Waals surface area (Å²) in [6.45, 7) is 0.483. The van der Waals surface area contributed by atoms with Crippen molar-refractivity contribution in [3.8, 4) is 11.3 Å². The zero-order chi connectivity index (χ0) is 12.6. The first-order chi connectivity index (χ1) is 8.88. The summed E-state index contributed by atoms with van der Waals surface area (Å²) >= 11 is 3.44. The van der Waals surface area contributed by atoms with Gasteiger partial charge in [-0.1, -0.05) is 34.1 Å².